The van der Waals surface area contributed by atoms with E-state index in [2.05, 4.69) is 55.8 Å². The molecule has 9 aromatic rings. The number of aromatic nitrogens is 10. The van der Waals surface area contributed by atoms with Crippen LogP contribution >= 0.6 is 34.2 Å². The molecule has 0 aliphatic carbocycles. The molecule has 0 bridgehead atoms. The lowest BCUT2D eigenvalue weighted by Crippen LogP contribution is -1.80. The number of hydrogen-bond acceptors (Lipinski definition) is 14. The van der Waals surface area contributed by atoms with E-state index in [0.717, 1.165) is 54.6 Å². The monoisotopic (exact) mass is 762 g/mol. The molecule has 0 unspecified atom stereocenters. The Morgan fingerprint density at radius 1 is 0.547 bits per heavy atom. The van der Waals surface area contributed by atoms with Crippen LogP contribution in [0.2, 0.25) is 0 Å². The van der Waals surface area contributed by atoms with Crippen LogP contribution in [0.15, 0.2) is 132 Å². The zero-order valence-electron chi connectivity index (χ0n) is 30.7. The zero-order valence-corrected chi connectivity index (χ0v) is 33.2. The predicted molar refractivity (Wildman–Crippen MR) is 217 cm³/mol. The van der Waals surface area contributed by atoms with Crippen molar-refractivity contribution in [3.63, 3.8) is 0 Å². The second-order valence-corrected chi connectivity index (χ2v) is 13.9. The summed E-state index contributed by atoms with van der Waals surface area (Å²) in [5.74, 6) is 1.55. The third kappa shape index (κ3) is 18.4. The van der Waals surface area contributed by atoms with E-state index >= 15 is 0 Å². The van der Waals surface area contributed by atoms with Gasteiger partial charge in [0.2, 0.25) is 0 Å². The van der Waals surface area contributed by atoms with E-state index in [4.69, 9.17) is 4.42 Å². The van der Waals surface area contributed by atoms with Crippen molar-refractivity contribution in [1.82, 2.24) is 49.7 Å². The normalized spacial score (nSPS) is 9.42. The van der Waals surface area contributed by atoms with Gasteiger partial charge in [0.25, 0.3) is 0 Å². The first-order chi connectivity index (χ1) is 25.7. The molecular weight excluding hydrogens is 721 g/mol. The van der Waals surface area contributed by atoms with E-state index in [1.54, 1.807) is 65.9 Å². The summed E-state index contributed by atoms with van der Waals surface area (Å²) in [5.41, 5.74) is 4.94. The Bertz CT molecular complexity index is 1950. The second kappa shape index (κ2) is 24.5. The standard InChI is InChI=1S/C8H7NO.C8H7NS.C6H7N.2C5H6N2.C4H5NS.C3H4N2S/c2*1-6-9-7-4-2-3-5-8(7)10-6;1-6-4-2-3-5-7-6;1-5-6-3-2-4-7-5;1-5-3-2-4-6-7-5;1-4-5-2-3-6-4;1-3-2-4-5-6-3/h2*2-5H,1H3;2-5H,1H3;2*2-4H,1H3;2-3H,1H3;2H,1H3. The van der Waals surface area contributed by atoms with Crippen LogP contribution in [0.5, 0.6) is 0 Å². The van der Waals surface area contributed by atoms with E-state index in [9.17, 15) is 0 Å². The predicted octanol–water partition coefficient (Wildman–Crippen LogP) is 10.00. The minimum absolute atomic E-state index is 0.723. The summed E-state index contributed by atoms with van der Waals surface area (Å²) in [5, 5.41) is 15.2. The van der Waals surface area contributed by atoms with Gasteiger partial charge in [-0.05, 0) is 108 Å². The van der Waals surface area contributed by atoms with E-state index < -0.39 is 0 Å². The minimum Gasteiger partial charge on any atom is -0.441 e. The number of nitrogens with zero attached hydrogens (tertiary/aromatic N) is 10. The summed E-state index contributed by atoms with van der Waals surface area (Å²) >= 11 is 4.82. The van der Waals surface area contributed by atoms with Crippen LogP contribution in [0, 0.1) is 48.5 Å². The molecule has 7 heterocycles. The fourth-order valence-corrected chi connectivity index (χ4v) is 5.27. The van der Waals surface area contributed by atoms with Gasteiger partial charge < -0.3 is 4.42 Å². The van der Waals surface area contributed by atoms with Gasteiger partial charge in [-0.2, -0.15) is 10.2 Å². The molecular formula is C39H42N10OS3. The van der Waals surface area contributed by atoms with Crippen LogP contribution in [0.4, 0.5) is 0 Å². The van der Waals surface area contributed by atoms with E-state index in [0.29, 0.717) is 0 Å². The quantitative estimate of drug-likeness (QED) is 0.146. The van der Waals surface area contributed by atoms with Crippen molar-refractivity contribution < 1.29 is 4.42 Å². The van der Waals surface area contributed by atoms with Crippen LogP contribution < -0.4 is 0 Å². The van der Waals surface area contributed by atoms with Crippen LogP contribution in [0.1, 0.15) is 38.0 Å². The van der Waals surface area contributed by atoms with E-state index in [-0.39, 0.29) is 0 Å². The molecule has 0 saturated carbocycles. The van der Waals surface area contributed by atoms with Gasteiger partial charge >= 0.3 is 0 Å². The van der Waals surface area contributed by atoms with Crippen LogP contribution in [0.25, 0.3) is 21.3 Å². The fourth-order valence-electron chi connectivity index (χ4n) is 3.69. The van der Waals surface area contributed by atoms with Gasteiger partial charge in [0.15, 0.2) is 11.5 Å². The Balaban J connectivity index is 0.000000168. The number of aryl methyl sites for hydroxylation is 7. The van der Waals surface area contributed by atoms with Gasteiger partial charge in [0, 0.05) is 53.9 Å². The van der Waals surface area contributed by atoms with Gasteiger partial charge in [-0.25, -0.2) is 19.9 Å². The number of benzene rings is 2. The molecule has 0 radical (unpaired) electrons. The topological polar surface area (TPSA) is 142 Å². The van der Waals surface area contributed by atoms with Crippen molar-refractivity contribution in [2.75, 3.05) is 0 Å². The number of rotatable bonds is 0. The van der Waals surface area contributed by atoms with Gasteiger partial charge in [-0.3, -0.25) is 9.97 Å². The molecule has 53 heavy (non-hydrogen) atoms. The van der Waals surface area contributed by atoms with Crippen molar-refractivity contribution in [2.45, 2.75) is 48.5 Å². The Kier molecular flexibility index (Phi) is 19.3. The first-order valence-corrected chi connectivity index (χ1v) is 18.8. The highest BCUT2D eigenvalue weighted by Gasteiger charge is 1.97. The lowest BCUT2D eigenvalue weighted by atomic mass is 10.3. The van der Waals surface area contributed by atoms with Crippen molar-refractivity contribution in [3.05, 3.63) is 165 Å². The third-order valence-electron chi connectivity index (χ3n) is 6.04. The molecule has 0 aliphatic heterocycles. The zero-order chi connectivity index (χ0) is 38.1. The number of thiazole rings is 2. The summed E-state index contributed by atoms with van der Waals surface area (Å²) in [6.07, 6.45) is 10.4. The highest BCUT2D eigenvalue weighted by molar-refractivity contribution is 7.18. The van der Waals surface area contributed by atoms with Crippen molar-refractivity contribution in [3.8, 4) is 0 Å². The van der Waals surface area contributed by atoms with Crippen LogP contribution in [-0.2, 0) is 0 Å². The number of oxazole rings is 1. The summed E-state index contributed by atoms with van der Waals surface area (Å²) in [7, 11) is 0. The van der Waals surface area contributed by atoms with Gasteiger partial charge in [0.1, 0.15) is 11.3 Å². The average molecular weight is 763 g/mol. The lowest BCUT2D eigenvalue weighted by molar-refractivity contribution is 0.561. The summed E-state index contributed by atoms with van der Waals surface area (Å²) in [6.45, 7) is 13.6. The first kappa shape index (κ1) is 41.7. The first-order valence-electron chi connectivity index (χ1n) is 16.3. The molecule has 272 valence electrons. The Morgan fingerprint density at radius 2 is 1.25 bits per heavy atom. The van der Waals surface area contributed by atoms with Crippen LogP contribution in [0.3, 0.4) is 0 Å². The Hall–Kier alpha value is -5.70. The lowest BCUT2D eigenvalue weighted by Gasteiger charge is -1.82. The van der Waals surface area contributed by atoms with Crippen molar-refractivity contribution >= 4 is 55.5 Å². The minimum atomic E-state index is 0.723. The van der Waals surface area contributed by atoms with E-state index in [1.807, 2.05) is 127 Å². The third-order valence-corrected chi connectivity index (χ3v) is 8.27. The molecule has 0 fully saturated rings. The second-order valence-electron chi connectivity index (χ2n) is 10.6. The summed E-state index contributed by atoms with van der Waals surface area (Å²) in [4.78, 5) is 25.3. The van der Waals surface area contributed by atoms with Crippen molar-refractivity contribution in [1.29, 1.82) is 0 Å². The summed E-state index contributed by atoms with van der Waals surface area (Å²) < 4.78 is 10.1. The number of hydrogen-bond donors (Lipinski definition) is 0. The van der Waals surface area contributed by atoms with Gasteiger partial charge in [-0.15, -0.1) is 27.8 Å². The molecule has 11 nitrogen and oxygen atoms in total. The molecule has 14 heteroatoms. The average Bonchev–Trinajstić information content (AvgIpc) is 3.99. The largest absolute Gasteiger partial charge is 0.441 e. The Morgan fingerprint density at radius 3 is 1.68 bits per heavy atom. The van der Waals surface area contributed by atoms with Gasteiger partial charge in [-0.1, -0.05) is 34.8 Å². The molecule has 2 aromatic carbocycles. The maximum atomic E-state index is 5.26. The van der Waals surface area contributed by atoms with E-state index in [1.165, 1.54) is 16.2 Å². The molecule has 0 saturated heterocycles. The highest BCUT2D eigenvalue weighted by Crippen LogP contribution is 2.20. The smallest absolute Gasteiger partial charge is 0.192 e. The molecule has 0 amide bonds. The maximum absolute atomic E-state index is 5.26. The number of para-hydroxylation sites is 3. The molecule has 9 rings (SSSR count). The summed E-state index contributed by atoms with van der Waals surface area (Å²) in [6, 6.07) is 27.4. The maximum Gasteiger partial charge on any atom is 0.192 e. The molecule has 0 aliphatic rings. The Labute approximate surface area is 322 Å². The number of fused-ring (bicyclic) bond motifs is 2. The van der Waals surface area contributed by atoms with Crippen LogP contribution in [-0.4, -0.2) is 49.7 Å². The van der Waals surface area contributed by atoms with Gasteiger partial charge in [0.05, 0.1) is 32.1 Å². The molecule has 0 atom stereocenters. The molecule has 7 aromatic heterocycles. The SMILES string of the molecule is Cc1ccccn1.Cc1cccnn1.Cc1cnns1.Cc1nc2ccccc2o1.Cc1nc2ccccc2s1.Cc1ncccn1.Cc1nccs1. The highest BCUT2D eigenvalue weighted by atomic mass is 32.1. The number of pyridine rings is 1. The van der Waals surface area contributed by atoms with Crippen molar-refractivity contribution in [2.24, 2.45) is 0 Å². The fraction of sp³-hybridized carbons (Fsp3) is 0.179. The molecule has 0 N–H and O–H groups in total. The molecule has 0 spiro atoms.